The molecule has 38 heavy (non-hydrogen) atoms. The second-order valence-corrected chi connectivity index (χ2v) is 12.3. The number of furan rings is 1. The van der Waals surface area contributed by atoms with Crippen LogP contribution in [0.3, 0.4) is 0 Å². The van der Waals surface area contributed by atoms with Gasteiger partial charge in [-0.15, -0.1) is 35.1 Å². The molecule has 2 aliphatic heterocycles. The van der Waals surface area contributed by atoms with Gasteiger partial charge in [0.2, 0.25) is 11.8 Å². The molecule has 0 radical (unpaired) electrons. The Balaban J connectivity index is 1.18. The van der Waals surface area contributed by atoms with Gasteiger partial charge in [-0.2, -0.15) is 0 Å². The quantitative estimate of drug-likeness (QED) is 0.243. The van der Waals surface area contributed by atoms with Crippen molar-refractivity contribution >= 4 is 74.8 Å². The maximum absolute atomic E-state index is 13.0. The molecule has 194 valence electrons. The minimum Gasteiger partial charge on any atom is -0.480 e. The van der Waals surface area contributed by atoms with Gasteiger partial charge in [0.05, 0.1) is 12.3 Å². The average Bonchev–Trinajstić information content (AvgIpc) is 3.30. The van der Waals surface area contributed by atoms with Gasteiger partial charge in [0.15, 0.2) is 0 Å². The smallest absolute Gasteiger partial charge is 0.322 e. The third-order valence-corrected chi connectivity index (χ3v) is 10.3. The summed E-state index contributed by atoms with van der Waals surface area (Å²) in [5.74, 6) is -0.836. The molecule has 4 aromatic rings. The number of fused-ring (bicyclic) bond motifs is 4. The first-order chi connectivity index (χ1) is 18.4. The van der Waals surface area contributed by atoms with E-state index in [0.29, 0.717) is 17.2 Å². The Kier molecular flexibility index (Phi) is 6.53. The number of hydrogen-bond acceptors (Lipinski definition) is 6. The number of halogens is 1. The summed E-state index contributed by atoms with van der Waals surface area (Å²) in [7, 11) is 0. The van der Waals surface area contributed by atoms with Gasteiger partial charge in [0, 0.05) is 33.5 Å². The largest absolute Gasteiger partial charge is 0.480 e. The van der Waals surface area contributed by atoms with Crippen molar-refractivity contribution < 1.29 is 23.9 Å². The first-order valence-corrected chi connectivity index (χ1v) is 14.5. The molecule has 0 aliphatic carbocycles. The van der Waals surface area contributed by atoms with Crippen LogP contribution in [0.2, 0.25) is 0 Å². The molecule has 2 amide bonds. The highest BCUT2D eigenvalue weighted by atomic mass is 35.5. The molecule has 3 heterocycles. The summed E-state index contributed by atoms with van der Waals surface area (Å²) in [5.41, 5.74) is 3.15. The number of aliphatic carboxylic acids is 1. The molecule has 2 N–H and O–H groups in total. The number of hydrogen-bond donors (Lipinski definition) is 2. The van der Waals surface area contributed by atoms with Crippen molar-refractivity contribution in [3.8, 4) is 0 Å². The van der Waals surface area contributed by atoms with E-state index >= 15 is 0 Å². The van der Waals surface area contributed by atoms with Crippen LogP contribution < -0.4 is 5.32 Å². The van der Waals surface area contributed by atoms with Crippen molar-refractivity contribution in [3.05, 3.63) is 77.9 Å². The van der Waals surface area contributed by atoms with Crippen LogP contribution in [0, 0.1) is 0 Å². The number of thioether (sulfide) groups is 2. The molecule has 7 nitrogen and oxygen atoms in total. The Morgan fingerprint density at radius 2 is 1.95 bits per heavy atom. The Morgan fingerprint density at radius 3 is 2.71 bits per heavy atom. The number of rotatable bonds is 7. The number of carbonyl (C=O) groups excluding carboxylic acids is 2. The number of β-lactam (4-membered cyclic amide) rings is 1. The molecule has 10 heteroatoms. The lowest BCUT2D eigenvalue weighted by atomic mass is 10.0. The second kappa shape index (κ2) is 9.87. The average molecular weight is 567 g/mol. The zero-order valence-corrected chi connectivity index (χ0v) is 22.4. The van der Waals surface area contributed by atoms with Crippen molar-refractivity contribution in [1.82, 2.24) is 10.2 Å². The summed E-state index contributed by atoms with van der Waals surface area (Å²) >= 11 is 8.69. The first-order valence-electron chi connectivity index (χ1n) is 12.1. The predicted molar refractivity (Wildman–Crippen MR) is 150 cm³/mol. The highest BCUT2D eigenvalue weighted by Crippen LogP contribution is 2.47. The molecule has 1 unspecified atom stereocenters. The van der Waals surface area contributed by atoms with Crippen molar-refractivity contribution in [2.24, 2.45) is 0 Å². The van der Waals surface area contributed by atoms with Crippen LogP contribution in [0.1, 0.15) is 11.1 Å². The normalized spacial score (nSPS) is 22.8. The minimum absolute atomic E-state index is 0.0587. The molecule has 0 bridgehead atoms. The summed E-state index contributed by atoms with van der Waals surface area (Å²) in [4.78, 5) is 40.3. The van der Waals surface area contributed by atoms with E-state index < -0.39 is 16.8 Å². The lowest BCUT2D eigenvalue weighted by Crippen LogP contribution is -2.74. The predicted octanol–water partition coefficient (Wildman–Crippen LogP) is 4.88. The lowest BCUT2D eigenvalue weighted by Gasteiger charge is -2.53. The standard InChI is InChI=1S/C28H23ClN2O5S2/c29-13-17-7-4-8-20-19-10-9-18(12-21(19)36-24(17)20)38-28(27(34)35)14-31-25(33)23(26(31)37-15-28)30-22(32)11-16-5-2-1-3-6-16/h1-10,12,23,26H,11,13-15H2,(H,30,32)(H,34,35)/t23-,26-,28?/m1/s1. The van der Waals surface area contributed by atoms with Crippen molar-refractivity contribution in [2.45, 2.75) is 33.4 Å². The van der Waals surface area contributed by atoms with Crippen molar-refractivity contribution in [1.29, 1.82) is 0 Å². The fraction of sp³-hybridized carbons (Fsp3) is 0.250. The SMILES string of the molecule is O=C(Cc1ccccc1)N[C@@H]1C(=O)N2CC(Sc3ccc4c(c3)oc3c(CCl)cccc34)(C(=O)O)CS[C@H]12. The number of carboxylic acid groups (broad SMARTS) is 1. The highest BCUT2D eigenvalue weighted by Gasteiger charge is 2.58. The molecule has 2 fully saturated rings. The zero-order chi connectivity index (χ0) is 26.4. The van der Waals surface area contributed by atoms with Crippen LogP contribution in [0.4, 0.5) is 0 Å². The molecule has 3 atom stereocenters. The van der Waals surface area contributed by atoms with E-state index in [0.717, 1.165) is 32.4 Å². The number of carboxylic acids is 1. The number of nitrogens with one attached hydrogen (secondary N) is 1. The number of para-hydroxylation sites is 1. The maximum atomic E-state index is 13.0. The summed E-state index contributed by atoms with van der Waals surface area (Å²) in [5, 5.41) is 14.7. The van der Waals surface area contributed by atoms with E-state index in [4.69, 9.17) is 16.0 Å². The van der Waals surface area contributed by atoms with E-state index in [2.05, 4.69) is 5.32 Å². The zero-order valence-electron chi connectivity index (χ0n) is 20.1. The fourth-order valence-electron chi connectivity index (χ4n) is 5.02. The van der Waals surface area contributed by atoms with Gasteiger partial charge in [-0.1, -0.05) is 48.5 Å². The van der Waals surface area contributed by atoms with Crippen molar-refractivity contribution in [3.63, 3.8) is 0 Å². The van der Waals surface area contributed by atoms with Crippen LogP contribution in [-0.2, 0) is 26.7 Å². The van der Waals surface area contributed by atoms with E-state index in [9.17, 15) is 19.5 Å². The van der Waals surface area contributed by atoms with Crippen LogP contribution in [-0.4, -0.2) is 56.3 Å². The third kappa shape index (κ3) is 4.32. The van der Waals surface area contributed by atoms with Crippen LogP contribution in [0.25, 0.3) is 21.9 Å². The van der Waals surface area contributed by atoms with Crippen LogP contribution >= 0.6 is 35.1 Å². The summed E-state index contributed by atoms with van der Waals surface area (Å²) in [6, 6.07) is 20.2. The molecule has 3 aromatic carbocycles. The van der Waals surface area contributed by atoms with Gasteiger partial charge in [-0.25, -0.2) is 0 Å². The number of amides is 2. The molecule has 6 rings (SSSR count). The van der Waals surface area contributed by atoms with E-state index in [1.807, 2.05) is 66.7 Å². The number of carbonyl (C=O) groups is 3. The number of benzene rings is 3. The molecule has 0 saturated carbocycles. The third-order valence-electron chi connectivity index (χ3n) is 6.98. The monoisotopic (exact) mass is 566 g/mol. The Hall–Kier alpha value is -3.14. The summed E-state index contributed by atoms with van der Waals surface area (Å²) in [6.45, 7) is 0.0587. The molecular weight excluding hydrogens is 544 g/mol. The van der Waals surface area contributed by atoms with Crippen LogP contribution in [0.15, 0.2) is 76.0 Å². The molecule has 2 aliphatic rings. The lowest BCUT2D eigenvalue weighted by molar-refractivity contribution is -0.152. The highest BCUT2D eigenvalue weighted by molar-refractivity contribution is 8.05. The Morgan fingerprint density at radius 1 is 1.13 bits per heavy atom. The fourth-order valence-corrected chi connectivity index (χ4v) is 8.11. The van der Waals surface area contributed by atoms with Gasteiger partial charge >= 0.3 is 5.97 Å². The maximum Gasteiger partial charge on any atom is 0.322 e. The Bertz CT molecular complexity index is 1580. The van der Waals surface area contributed by atoms with Crippen LogP contribution in [0.5, 0.6) is 0 Å². The van der Waals surface area contributed by atoms with Gasteiger partial charge in [-0.05, 0) is 23.8 Å². The molecule has 0 spiro atoms. The number of nitrogens with zero attached hydrogens (tertiary/aromatic N) is 1. The molecule has 2 saturated heterocycles. The van der Waals surface area contributed by atoms with Gasteiger partial charge in [-0.3, -0.25) is 14.4 Å². The van der Waals surface area contributed by atoms with E-state index in [-0.39, 0.29) is 30.2 Å². The summed E-state index contributed by atoms with van der Waals surface area (Å²) in [6.07, 6.45) is 0.188. The van der Waals surface area contributed by atoms with Gasteiger partial charge in [0.1, 0.15) is 27.3 Å². The molecule has 1 aromatic heterocycles. The second-order valence-electron chi connectivity index (χ2n) is 9.46. The molecular formula is C28H23ClN2O5S2. The summed E-state index contributed by atoms with van der Waals surface area (Å²) < 4.78 is 4.88. The van der Waals surface area contributed by atoms with Crippen molar-refractivity contribution in [2.75, 3.05) is 12.3 Å². The van der Waals surface area contributed by atoms with E-state index in [1.165, 1.54) is 23.5 Å². The van der Waals surface area contributed by atoms with Gasteiger partial charge < -0.3 is 19.7 Å². The van der Waals surface area contributed by atoms with Gasteiger partial charge in [0.25, 0.3) is 0 Å². The minimum atomic E-state index is -1.23. The Labute approximate surface area is 231 Å². The van der Waals surface area contributed by atoms with E-state index in [1.54, 1.807) is 4.90 Å². The number of alkyl halides is 1. The topological polar surface area (TPSA) is 99.9 Å². The first kappa shape index (κ1) is 25.2.